The van der Waals surface area contributed by atoms with Crippen molar-refractivity contribution in [3.8, 4) is 0 Å². The number of allylic oxidation sites excluding steroid dienone is 3. The zero-order valence-corrected chi connectivity index (χ0v) is 6.79. The molecule has 0 atom stereocenters. The van der Waals surface area contributed by atoms with Crippen LogP contribution in [0.2, 0.25) is 0 Å². The summed E-state index contributed by atoms with van der Waals surface area (Å²) in [5, 5.41) is 17.5. The molecule has 0 bridgehead atoms. The number of carboxylic acids is 1. The van der Waals surface area contributed by atoms with Crippen molar-refractivity contribution in [3.05, 3.63) is 36.6 Å². The van der Waals surface area contributed by atoms with Crippen LogP contribution < -0.4 is 0 Å². The molecule has 0 saturated heterocycles. The molecule has 0 aromatic heterocycles. The molecule has 0 radical (unpaired) electrons. The third-order valence-electron chi connectivity index (χ3n) is 1.32. The number of carbonyl (C=O) groups is 1. The fourth-order valence-electron chi connectivity index (χ4n) is 0.776. The first-order chi connectivity index (χ1) is 5.63. The van der Waals surface area contributed by atoms with Gasteiger partial charge in [0.05, 0.1) is 0 Å². The summed E-state index contributed by atoms with van der Waals surface area (Å²) in [6.07, 6.45) is 3.81. The third kappa shape index (κ3) is 3.05. The zero-order valence-electron chi connectivity index (χ0n) is 6.79. The third-order valence-corrected chi connectivity index (χ3v) is 1.32. The van der Waals surface area contributed by atoms with E-state index < -0.39 is 11.7 Å². The van der Waals surface area contributed by atoms with E-state index in [0.717, 1.165) is 0 Å². The Hall–Kier alpha value is -1.51. The number of hydrogen-bond donors (Lipinski definition) is 2. The first kappa shape index (κ1) is 10.5. The lowest BCUT2D eigenvalue weighted by Crippen LogP contribution is -2.03. The fourth-order valence-corrected chi connectivity index (χ4v) is 0.776. The first-order valence-corrected chi connectivity index (χ1v) is 3.49. The first-order valence-electron chi connectivity index (χ1n) is 3.49. The van der Waals surface area contributed by atoms with Crippen molar-refractivity contribution in [1.29, 1.82) is 0 Å². The molecule has 0 amide bonds. The quantitative estimate of drug-likeness (QED) is 0.375. The minimum atomic E-state index is -1.31. The summed E-state index contributed by atoms with van der Waals surface area (Å²) in [7, 11) is 0. The van der Waals surface area contributed by atoms with Crippen LogP contribution in [0.1, 0.15) is 12.8 Å². The van der Waals surface area contributed by atoms with Gasteiger partial charge in [0.1, 0.15) is 0 Å². The summed E-state index contributed by atoms with van der Waals surface area (Å²) in [6, 6.07) is 0. The van der Waals surface area contributed by atoms with Gasteiger partial charge in [-0.3, -0.25) is 0 Å². The summed E-state index contributed by atoms with van der Waals surface area (Å²) >= 11 is 0. The molecular weight excluding hydrogens is 156 g/mol. The van der Waals surface area contributed by atoms with Crippen LogP contribution in [-0.4, -0.2) is 16.2 Å². The molecule has 0 rings (SSSR count). The summed E-state index contributed by atoms with van der Waals surface area (Å²) in [6.45, 7) is 6.90. The summed E-state index contributed by atoms with van der Waals surface area (Å²) in [5.74, 6) is -1.91. The van der Waals surface area contributed by atoms with Gasteiger partial charge in [0.2, 0.25) is 5.76 Å². The van der Waals surface area contributed by atoms with E-state index in [1.54, 1.807) is 0 Å². The Morgan fingerprint density at radius 1 is 1.17 bits per heavy atom. The lowest BCUT2D eigenvalue weighted by molar-refractivity contribution is -0.135. The highest BCUT2D eigenvalue weighted by molar-refractivity contribution is 5.84. The Kier molecular flexibility index (Phi) is 4.53. The van der Waals surface area contributed by atoms with Crippen molar-refractivity contribution in [2.24, 2.45) is 0 Å². The van der Waals surface area contributed by atoms with E-state index in [1.165, 1.54) is 12.2 Å². The lowest BCUT2D eigenvalue weighted by atomic mass is 10.1. The molecule has 0 unspecified atom stereocenters. The van der Waals surface area contributed by atoms with Crippen LogP contribution in [0.15, 0.2) is 36.6 Å². The van der Waals surface area contributed by atoms with Crippen molar-refractivity contribution in [1.82, 2.24) is 0 Å². The van der Waals surface area contributed by atoms with Crippen molar-refractivity contribution in [3.63, 3.8) is 0 Å². The van der Waals surface area contributed by atoms with Crippen LogP contribution in [0.25, 0.3) is 0 Å². The Balaban J connectivity index is 4.64. The average Bonchev–Trinajstić information content (AvgIpc) is 2.03. The van der Waals surface area contributed by atoms with Crippen LogP contribution >= 0.6 is 0 Å². The highest BCUT2D eigenvalue weighted by Crippen LogP contribution is 2.12. The standard InChI is InChI=1S/C9H12O3/c1-3-5-7(6-4-2)8(10)9(11)12/h3-4,10H,1-2,5-6H2,(H,11,12). The molecule has 0 aliphatic carbocycles. The van der Waals surface area contributed by atoms with Crippen LogP contribution in [0.3, 0.4) is 0 Å². The normalized spacial score (nSPS) is 8.67. The minimum Gasteiger partial charge on any atom is -0.502 e. The van der Waals surface area contributed by atoms with Crippen molar-refractivity contribution >= 4 is 5.97 Å². The van der Waals surface area contributed by atoms with Gasteiger partial charge in [-0.1, -0.05) is 12.2 Å². The highest BCUT2D eigenvalue weighted by atomic mass is 16.4. The molecule has 3 heteroatoms. The second kappa shape index (κ2) is 5.18. The molecule has 12 heavy (non-hydrogen) atoms. The molecule has 0 aromatic rings. The Morgan fingerprint density at radius 3 is 1.83 bits per heavy atom. The smallest absolute Gasteiger partial charge is 0.370 e. The molecule has 0 saturated carbocycles. The number of hydrogen-bond acceptors (Lipinski definition) is 2. The molecule has 0 aromatic carbocycles. The zero-order chi connectivity index (χ0) is 9.56. The second-order valence-electron chi connectivity index (χ2n) is 2.24. The van der Waals surface area contributed by atoms with Gasteiger partial charge < -0.3 is 10.2 Å². The van der Waals surface area contributed by atoms with Crippen molar-refractivity contribution in [2.75, 3.05) is 0 Å². The van der Waals surface area contributed by atoms with Crippen molar-refractivity contribution < 1.29 is 15.0 Å². The van der Waals surface area contributed by atoms with Crippen LogP contribution in [0, 0.1) is 0 Å². The monoisotopic (exact) mass is 168 g/mol. The maximum absolute atomic E-state index is 10.3. The molecule has 66 valence electrons. The van der Waals surface area contributed by atoms with Gasteiger partial charge in [0.25, 0.3) is 0 Å². The number of aliphatic carboxylic acids is 1. The molecule has 0 aliphatic rings. The number of rotatable bonds is 5. The fraction of sp³-hybridized carbons (Fsp3) is 0.222. The van der Waals surface area contributed by atoms with E-state index in [-0.39, 0.29) is 0 Å². The topological polar surface area (TPSA) is 57.5 Å². The van der Waals surface area contributed by atoms with Gasteiger partial charge in [-0.05, 0) is 18.4 Å². The van der Waals surface area contributed by atoms with E-state index in [2.05, 4.69) is 13.2 Å². The van der Waals surface area contributed by atoms with Gasteiger partial charge in [-0.2, -0.15) is 0 Å². The molecule has 0 heterocycles. The second-order valence-corrected chi connectivity index (χ2v) is 2.24. The Morgan fingerprint density at radius 2 is 1.58 bits per heavy atom. The number of aliphatic hydroxyl groups is 1. The molecule has 0 aliphatic heterocycles. The Bertz CT molecular complexity index is 214. The number of aliphatic hydroxyl groups excluding tert-OH is 1. The van der Waals surface area contributed by atoms with E-state index >= 15 is 0 Å². The van der Waals surface area contributed by atoms with Crippen molar-refractivity contribution in [2.45, 2.75) is 12.8 Å². The van der Waals surface area contributed by atoms with Gasteiger partial charge >= 0.3 is 5.97 Å². The minimum absolute atomic E-state index is 0.365. The summed E-state index contributed by atoms with van der Waals surface area (Å²) in [4.78, 5) is 10.3. The summed E-state index contributed by atoms with van der Waals surface area (Å²) in [5.41, 5.74) is 0.424. The maximum atomic E-state index is 10.3. The van der Waals surface area contributed by atoms with E-state index in [1.807, 2.05) is 0 Å². The van der Waals surface area contributed by atoms with E-state index in [4.69, 9.17) is 10.2 Å². The van der Waals surface area contributed by atoms with Gasteiger partial charge in [0, 0.05) is 0 Å². The molecule has 3 nitrogen and oxygen atoms in total. The predicted octanol–water partition coefficient (Wildman–Crippen LogP) is 2.04. The van der Waals surface area contributed by atoms with E-state index in [9.17, 15) is 4.79 Å². The lowest BCUT2D eigenvalue weighted by Gasteiger charge is -2.01. The van der Waals surface area contributed by atoms with Crippen LogP contribution in [-0.2, 0) is 4.79 Å². The molecule has 2 N–H and O–H groups in total. The average molecular weight is 168 g/mol. The maximum Gasteiger partial charge on any atom is 0.370 e. The molecule has 0 spiro atoms. The largest absolute Gasteiger partial charge is 0.502 e. The molecular formula is C9H12O3. The Labute approximate surface area is 71.3 Å². The van der Waals surface area contributed by atoms with Gasteiger partial charge in [-0.25, -0.2) is 4.79 Å². The number of carboxylic acid groups (broad SMARTS) is 1. The molecule has 0 fully saturated rings. The van der Waals surface area contributed by atoms with Crippen LogP contribution in [0.4, 0.5) is 0 Å². The SMILES string of the molecule is C=CCC(CC=C)=C(O)C(=O)O. The van der Waals surface area contributed by atoms with Gasteiger partial charge in [0.15, 0.2) is 0 Å². The predicted molar refractivity (Wildman–Crippen MR) is 46.9 cm³/mol. The van der Waals surface area contributed by atoms with Crippen LogP contribution in [0.5, 0.6) is 0 Å². The highest BCUT2D eigenvalue weighted by Gasteiger charge is 2.09. The van der Waals surface area contributed by atoms with E-state index in [0.29, 0.717) is 18.4 Å². The summed E-state index contributed by atoms with van der Waals surface area (Å²) < 4.78 is 0. The van der Waals surface area contributed by atoms with Gasteiger partial charge in [-0.15, -0.1) is 13.2 Å².